The maximum absolute atomic E-state index is 2.33. The van der Waals surface area contributed by atoms with Crippen LogP contribution in [-0.4, -0.2) is 13.9 Å². The summed E-state index contributed by atoms with van der Waals surface area (Å²) in [6.07, 6.45) is 8.74. The first-order chi connectivity index (χ1) is 6.35. The third-order valence-electron chi connectivity index (χ3n) is 2.48. The number of hydrogen-bond donors (Lipinski definition) is 0. The number of rotatable bonds is 9. The molecule has 0 amide bonds. The van der Waals surface area contributed by atoms with Gasteiger partial charge in [-0.15, -0.1) is 0 Å². The van der Waals surface area contributed by atoms with Crippen molar-refractivity contribution in [2.75, 3.05) is 0 Å². The maximum atomic E-state index is 2.33. The molecule has 0 rings (SSSR count). The molecular formula is C12H28Se. The summed E-state index contributed by atoms with van der Waals surface area (Å²) in [5.41, 5.74) is 0. The summed E-state index contributed by atoms with van der Waals surface area (Å²) in [5, 5.41) is 4.89. The van der Waals surface area contributed by atoms with Crippen molar-refractivity contribution in [3.8, 4) is 0 Å². The molecule has 1 heteroatoms. The molecule has 0 aliphatic heterocycles. The van der Waals surface area contributed by atoms with Gasteiger partial charge in [-0.25, -0.2) is 0 Å². The Morgan fingerprint density at radius 1 is 0.615 bits per heavy atom. The summed E-state index contributed by atoms with van der Waals surface area (Å²) in [6, 6.07) is 0. The molecule has 0 radical (unpaired) electrons. The van der Waals surface area contributed by atoms with E-state index in [1.807, 2.05) is 0 Å². The molecule has 0 aromatic carbocycles. The van der Waals surface area contributed by atoms with Crippen molar-refractivity contribution in [3.63, 3.8) is 0 Å². The molecule has 0 nitrogen and oxygen atoms in total. The monoisotopic (exact) mass is 252 g/mol. The molecule has 0 fully saturated rings. The van der Waals surface area contributed by atoms with E-state index in [2.05, 4.69) is 20.8 Å². The molecule has 0 spiro atoms. The Labute approximate surface area is 89.4 Å². The van der Waals surface area contributed by atoms with Gasteiger partial charge < -0.3 is 0 Å². The van der Waals surface area contributed by atoms with Crippen LogP contribution in [0.2, 0.25) is 16.0 Å². The molecule has 0 N–H and O–H groups in total. The van der Waals surface area contributed by atoms with Crippen LogP contribution < -0.4 is 0 Å². The minimum absolute atomic E-state index is 0.353. The van der Waals surface area contributed by atoms with Crippen LogP contribution >= 0.6 is 0 Å². The average molecular weight is 251 g/mol. The zero-order valence-corrected chi connectivity index (χ0v) is 11.7. The molecule has 0 heterocycles. The third-order valence-corrected chi connectivity index (χ3v) is 8.45. The molecule has 0 aromatic rings. The molecule has 0 aromatic heterocycles. The quantitative estimate of drug-likeness (QED) is 0.525. The fraction of sp³-hybridized carbons (Fsp3) is 1.00. The van der Waals surface area contributed by atoms with Crippen LogP contribution in [0.5, 0.6) is 0 Å². The summed E-state index contributed by atoms with van der Waals surface area (Å²) < 4.78 is 0. The zero-order chi connectivity index (χ0) is 9.94. The summed E-state index contributed by atoms with van der Waals surface area (Å²) >= 11 is -0.353. The van der Waals surface area contributed by atoms with Crippen LogP contribution in [0.3, 0.4) is 0 Å². The first-order valence-electron chi connectivity index (χ1n) is 6.07. The SMILES string of the molecule is CCCC[SeH](CCCC)CCCC. The fourth-order valence-corrected chi connectivity index (χ4v) is 7.69. The molecule has 0 aliphatic carbocycles. The zero-order valence-electron chi connectivity index (χ0n) is 9.81. The van der Waals surface area contributed by atoms with Crippen molar-refractivity contribution in [1.29, 1.82) is 0 Å². The Morgan fingerprint density at radius 2 is 0.923 bits per heavy atom. The van der Waals surface area contributed by atoms with E-state index in [1.165, 1.54) is 38.5 Å². The van der Waals surface area contributed by atoms with Crippen LogP contribution in [0.15, 0.2) is 0 Å². The van der Waals surface area contributed by atoms with Gasteiger partial charge in [0.2, 0.25) is 0 Å². The van der Waals surface area contributed by atoms with E-state index in [-0.39, 0.29) is 13.9 Å². The van der Waals surface area contributed by atoms with Crippen molar-refractivity contribution in [2.24, 2.45) is 0 Å². The van der Waals surface area contributed by atoms with Gasteiger partial charge in [-0.05, 0) is 0 Å². The van der Waals surface area contributed by atoms with Gasteiger partial charge in [-0.1, -0.05) is 0 Å². The molecule has 0 bridgehead atoms. The van der Waals surface area contributed by atoms with Crippen LogP contribution in [0, 0.1) is 0 Å². The number of hydrogen-bond acceptors (Lipinski definition) is 0. The molecule has 0 saturated heterocycles. The van der Waals surface area contributed by atoms with Crippen LogP contribution in [0.4, 0.5) is 0 Å². The van der Waals surface area contributed by atoms with Gasteiger partial charge in [0, 0.05) is 0 Å². The van der Waals surface area contributed by atoms with Crippen LogP contribution in [0.25, 0.3) is 0 Å². The molecule has 0 aliphatic rings. The van der Waals surface area contributed by atoms with Crippen molar-refractivity contribution in [1.82, 2.24) is 0 Å². The van der Waals surface area contributed by atoms with Gasteiger partial charge in [-0.2, -0.15) is 0 Å². The van der Waals surface area contributed by atoms with Crippen molar-refractivity contribution in [3.05, 3.63) is 0 Å². The van der Waals surface area contributed by atoms with Crippen molar-refractivity contribution < 1.29 is 0 Å². The summed E-state index contributed by atoms with van der Waals surface area (Å²) in [4.78, 5) is 0. The summed E-state index contributed by atoms with van der Waals surface area (Å²) in [6.45, 7) is 6.98. The first kappa shape index (κ1) is 13.5. The second kappa shape index (κ2) is 10.6. The van der Waals surface area contributed by atoms with Gasteiger partial charge in [0.1, 0.15) is 0 Å². The van der Waals surface area contributed by atoms with Gasteiger partial charge in [0.25, 0.3) is 0 Å². The van der Waals surface area contributed by atoms with E-state index in [9.17, 15) is 0 Å². The molecule has 0 unspecified atom stereocenters. The van der Waals surface area contributed by atoms with E-state index in [0.29, 0.717) is 0 Å². The second-order valence-corrected chi connectivity index (χ2v) is 9.53. The van der Waals surface area contributed by atoms with E-state index >= 15 is 0 Å². The fourth-order valence-electron chi connectivity index (χ4n) is 1.48. The number of unbranched alkanes of at least 4 members (excludes halogenated alkanes) is 3. The van der Waals surface area contributed by atoms with Gasteiger partial charge in [-0.3, -0.25) is 0 Å². The predicted octanol–water partition coefficient (Wildman–Crippen LogP) is 4.61. The van der Waals surface area contributed by atoms with Gasteiger partial charge >= 0.3 is 89.2 Å². The molecule has 0 saturated carbocycles. The molecule has 13 heavy (non-hydrogen) atoms. The Hall–Kier alpha value is 0.519. The molecule has 0 atom stereocenters. The molecule has 82 valence electrons. The topological polar surface area (TPSA) is 0 Å². The summed E-state index contributed by atoms with van der Waals surface area (Å²) in [5.74, 6) is 0. The first-order valence-corrected chi connectivity index (χ1v) is 10.1. The Kier molecular flexibility index (Phi) is 11.0. The van der Waals surface area contributed by atoms with E-state index in [1.54, 1.807) is 16.0 Å². The molecular weight excluding hydrogens is 223 g/mol. The minimum atomic E-state index is -0.353. The second-order valence-electron chi connectivity index (χ2n) is 3.90. The normalized spacial score (nSPS) is 11.8. The van der Waals surface area contributed by atoms with E-state index in [0.717, 1.165) is 0 Å². The van der Waals surface area contributed by atoms with Crippen LogP contribution in [0.1, 0.15) is 59.3 Å². The average Bonchev–Trinajstić information content (AvgIpc) is 2.17. The van der Waals surface area contributed by atoms with Gasteiger partial charge in [0.15, 0.2) is 0 Å². The Bertz CT molecular complexity index is 72.1. The predicted molar refractivity (Wildman–Crippen MR) is 66.3 cm³/mol. The van der Waals surface area contributed by atoms with Crippen LogP contribution in [-0.2, 0) is 0 Å². The standard InChI is InChI=1S/C12H28Se/c1-4-7-10-13(11-8-5-2)12-9-6-3/h13H,4-12H2,1-3H3. The van der Waals surface area contributed by atoms with E-state index < -0.39 is 0 Å². The summed E-state index contributed by atoms with van der Waals surface area (Å²) in [7, 11) is 0. The van der Waals surface area contributed by atoms with Gasteiger partial charge in [0.05, 0.1) is 0 Å². The Morgan fingerprint density at radius 3 is 1.15 bits per heavy atom. The third kappa shape index (κ3) is 8.84. The van der Waals surface area contributed by atoms with Crippen molar-refractivity contribution >= 4 is 13.9 Å². The van der Waals surface area contributed by atoms with Crippen molar-refractivity contribution in [2.45, 2.75) is 75.3 Å². The van der Waals surface area contributed by atoms with E-state index in [4.69, 9.17) is 0 Å². The Balaban J connectivity index is 3.47.